The highest BCUT2D eigenvalue weighted by molar-refractivity contribution is 6.01. The molecule has 0 aromatic carbocycles. The lowest BCUT2D eigenvalue weighted by Crippen LogP contribution is -2.16. The van der Waals surface area contributed by atoms with Gasteiger partial charge in [0.05, 0.1) is 12.8 Å². The smallest absolute Gasteiger partial charge is 0.351 e. The lowest BCUT2D eigenvalue weighted by atomic mass is 10.3. The first-order valence-electron chi connectivity index (χ1n) is 6.89. The monoisotopic (exact) mass is 368 g/mol. The molecule has 0 aliphatic rings. The zero-order valence-electron chi connectivity index (χ0n) is 12.8. The molecule has 2 aromatic heterocycles. The number of carbonyl (C=O) groups excluding carboxylic acids is 4. The van der Waals surface area contributed by atoms with Crippen LogP contribution in [0.5, 0.6) is 23.5 Å². The van der Waals surface area contributed by atoms with Crippen LogP contribution in [-0.4, -0.2) is 54.3 Å². The SMILES string of the molecule is O=C(CCC(=O)OC(=O)c1cc(O)[nH]c1O)OC(=O)c1cc(O)[nH]c1O. The van der Waals surface area contributed by atoms with Crippen LogP contribution in [0.3, 0.4) is 0 Å². The minimum Gasteiger partial charge on any atom is -0.494 e. The number of H-pyrrole nitrogens is 2. The predicted octanol–water partition coefficient (Wildman–Crippen LogP) is 0.0124. The zero-order valence-corrected chi connectivity index (χ0v) is 12.8. The Hall–Kier alpha value is -3.96. The first kappa shape index (κ1) is 18.4. The number of ether oxygens (including phenoxy) is 2. The molecule has 0 aliphatic heterocycles. The standard InChI is InChI=1S/C14H12N2O10/c17-7-3-5(11(21)15-7)13(23)25-9(19)1-2-10(20)26-14(24)6-4-8(18)16-12(6)22/h3-4,15-18,21-22H,1-2H2. The number of nitrogens with one attached hydrogen (secondary N) is 2. The quantitative estimate of drug-likeness (QED) is 0.308. The van der Waals surface area contributed by atoms with Crippen LogP contribution in [0.25, 0.3) is 0 Å². The van der Waals surface area contributed by atoms with Crippen molar-refractivity contribution in [3.05, 3.63) is 23.3 Å². The van der Waals surface area contributed by atoms with E-state index < -0.39 is 71.4 Å². The number of aromatic amines is 2. The fourth-order valence-corrected chi connectivity index (χ4v) is 1.79. The summed E-state index contributed by atoms with van der Waals surface area (Å²) in [7, 11) is 0. The highest BCUT2D eigenvalue weighted by Crippen LogP contribution is 2.23. The van der Waals surface area contributed by atoms with Crippen molar-refractivity contribution < 1.29 is 49.1 Å². The third-order valence-electron chi connectivity index (χ3n) is 2.95. The van der Waals surface area contributed by atoms with Gasteiger partial charge in [0, 0.05) is 12.1 Å². The van der Waals surface area contributed by atoms with Crippen molar-refractivity contribution in [3.63, 3.8) is 0 Å². The third-order valence-corrected chi connectivity index (χ3v) is 2.95. The summed E-state index contributed by atoms with van der Waals surface area (Å²) in [5, 5.41) is 36.7. The maximum absolute atomic E-state index is 11.6. The maximum Gasteiger partial charge on any atom is 0.351 e. The molecule has 138 valence electrons. The molecule has 2 rings (SSSR count). The summed E-state index contributed by atoms with van der Waals surface area (Å²) in [6.07, 6.45) is -1.25. The van der Waals surface area contributed by atoms with Crippen molar-refractivity contribution in [2.45, 2.75) is 12.8 Å². The van der Waals surface area contributed by atoms with E-state index in [2.05, 4.69) is 9.47 Å². The molecule has 12 heteroatoms. The Balaban J connectivity index is 1.82. The van der Waals surface area contributed by atoms with Gasteiger partial charge in [0.1, 0.15) is 11.1 Å². The molecule has 0 saturated heterocycles. The summed E-state index contributed by atoms with van der Waals surface area (Å²) >= 11 is 0. The number of hydrogen-bond donors (Lipinski definition) is 6. The molecular formula is C14H12N2O10. The van der Waals surface area contributed by atoms with Gasteiger partial charge in [0.15, 0.2) is 11.8 Å². The summed E-state index contributed by atoms with van der Waals surface area (Å²) in [5.41, 5.74) is -0.979. The van der Waals surface area contributed by atoms with E-state index >= 15 is 0 Å². The van der Waals surface area contributed by atoms with Crippen molar-refractivity contribution in [1.29, 1.82) is 0 Å². The van der Waals surface area contributed by atoms with Crippen molar-refractivity contribution >= 4 is 23.9 Å². The van der Waals surface area contributed by atoms with Gasteiger partial charge >= 0.3 is 23.9 Å². The summed E-state index contributed by atoms with van der Waals surface area (Å²) in [5.74, 6) is -7.29. The summed E-state index contributed by atoms with van der Waals surface area (Å²) < 4.78 is 8.71. The van der Waals surface area contributed by atoms with E-state index in [1.165, 1.54) is 0 Å². The topological polar surface area (TPSA) is 199 Å². The van der Waals surface area contributed by atoms with Crippen LogP contribution < -0.4 is 0 Å². The van der Waals surface area contributed by atoms with Crippen LogP contribution in [0.4, 0.5) is 0 Å². The van der Waals surface area contributed by atoms with Crippen LogP contribution in [-0.2, 0) is 19.1 Å². The molecule has 0 saturated carbocycles. The van der Waals surface area contributed by atoms with Crippen molar-refractivity contribution in [2.75, 3.05) is 0 Å². The number of aromatic hydroxyl groups is 4. The van der Waals surface area contributed by atoms with Gasteiger partial charge in [-0.15, -0.1) is 0 Å². The molecular weight excluding hydrogens is 356 g/mol. The van der Waals surface area contributed by atoms with E-state index in [1.807, 2.05) is 9.97 Å². The van der Waals surface area contributed by atoms with Crippen molar-refractivity contribution in [3.8, 4) is 23.5 Å². The van der Waals surface area contributed by atoms with E-state index in [-0.39, 0.29) is 0 Å². The Morgan fingerprint density at radius 1 is 0.731 bits per heavy atom. The van der Waals surface area contributed by atoms with E-state index in [9.17, 15) is 29.4 Å². The van der Waals surface area contributed by atoms with Crippen LogP contribution >= 0.6 is 0 Å². The van der Waals surface area contributed by atoms with Gasteiger partial charge in [0.25, 0.3) is 0 Å². The second kappa shape index (κ2) is 7.29. The van der Waals surface area contributed by atoms with E-state index in [0.717, 1.165) is 12.1 Å². The number of hydrogen-bond acceptors (Lipinski definition) is 10. The van der Waals surface area contributed by atoms with Crippen molar-refractivity contribution in [1.82, 2.24) is 9.97 Å². The molecule has 2 aromatic rings. The number of carbonyl (C=O) groups is 4. The maximum atomic E-state index is 11.6. The van der Waals surface area contributed by atoms with Crippen molar-refractivity contribution in [2.24, 2.45) is 0 Å². The summed E-state index contributed by atoms with van der Waals surface area (Å²) in [6.45, 7) is 0. The number of rotatable bonds is 5. The van der Waals surface area contributed by atoms with Gasteiger partial charge in [-0.25, -0.2) is 9.59 Å². The first-order valence-corrected chi connectivity index (χ1v) is 6.89. The van der Waals surface area contributed by atoms with Crippen LogP contribution in [0, 0.1) is 0 Å². The lowest BCUT2D eigenvalue weighted by molar-refractivity contribution is -0.144. The molecule has 0 fully saturated rings. The molecule has 0 unspecified atom stereocenters. The van der Waals surface area contributed by atoms with E-state index in [1.54, 1.807) is 0 Å². The zero-order chi connectivity index (χ0) is 19.4. The number of aromatic nitrogens is 2. The lowest BCUT2D eigenvalue weighted by Gasteiger charge is -2.03. The Bertz CT molecular complexity index is 806. The molecule has 2 heterocycles. The highest BCUT2D eigenvalue weighted by atomic mass is 16.6. The minimum atomic E-state index is -1.26. The van der Waals surface area contributed by atoms with Crippen LogP contribution in [0.15, 0.2) is 12.1 Å². The molecule has 0 bridgehead atoms. The highest BCUT2D eigenvalue weighted by Gasteiger charge is 2.22. The fourth-order valence-electron chi connectivity index (χ4n) is 1.79. The molecule has 12 nitrogen and oxygen atoms in total. The van der Waals surface area contributed by atoms with Crippen LogP contribution in [0.2, 0.25) is 0 Å². The average molecular weight is 368 g/mol. The van der Waals surface area contributed by atoms with Gasteiger partial charge in [-0.3, -0.25) is 19.6 Å². The fraction of sp³-hybridized carbons (Fsp3) is 0.143. The predicted molar refractivity (Wildman–Crippen MR) is 78.3 cm³/mol. The second-order valence-electron chi connectivity index (χ2n) is 4.86. The summed E-state index contributed by atoms with van der Waals surface area (Å²) in [4.78, 5) is 50.1. The largest absolute Gasteiger partial charge is 0.494 e. The van der Waals surface area contributed by atoms with E-state index in [0.29, 0.717) is 0 Å². The molecule has 0 spiro atoms. The Morgan fingerprint density at radius 3 is 1.35 bits per heavy atom. The Labute approximate surface area is 143 Å². The van der Waals surface area contributed by atoms with Gasteiger partial charge in [0.2, 0.25) is 11.8 Å². The molecule has 0 atom stereocenters. The molecule has 0 aliphatic carbocycles. The Morgan fingerprint density at radius 2 is 1.08 bits per heavy atom. The first-order chi connectivity index (χ1) is 12.2. The van der Waals surface area contributed by atoms with Gasteiger partial charge in [-0.1, -0.05) is 0 Å². The third kappa shape index (κ3) is 4.31. The van der Waals surface area contributed by atoms with Crippen LogP contribution in [0.1, 0.15) is 33.6 Å². The molecule has 6 N–H and O–H groups in total. The normalized spacial score (nSPS) is 10.3. The number of esters is 4. The molecule has 0 radical (unpaired) electrons. The average Bonchev–Trinajstić information content (AvgIpc) is 3.06. The second-order valence-corrected chi connectivity index (χ2v) is 4.86. The summed E-state index contributed by atoms with van der Waals surface area (Å²) in [6, 6.07) is 1.66. The molecule has 26 heavy (non-hydrogen) atoms. The van der Waals surface area contributed by atoms with E-state index in [4.69, 9.17) is 10.2 Å². The molecule has 0 amide bonds. The minimum absolute atomic E-state index is 0.489. The van der Waals surface area contributed by atoms with Gasteiger partial charge in [-0.05, 0) is 0 Å². The Kier molecular flexibility index (Phi) is 5.15. The van der Waals surface area contributed by atoms with Gasteiger partial charge in [-0.2, -0.15) is 0 Å². The van der Waals surface area contributed by atoms with Gasteiger partial charge < -0.3 is 29.9 Å².